The third kappa shape index (κ3) is 5.39. The number of ketones is 1. The molecule has 0 amide bonds. The van der Waals surface area contributed by atoms with Crippen LogP contribution in [0.3, 0.4) is 0 Å². The Morgan fingerprint density at radius 3 is 2.35 bits per heavy atom. The van der Waals surface area contributed by atoms with E-state index in [0.717, 1.165) is 6.07 Å². The number of aromatic nitrogens is 1. The summed E-state index contributed by atoms with van der Waals surface area (Å²) in [5.41, 5.74) is 1.20. The number of nitrogens with one attached hydrogen (secondary N) is 1. The zero-order valence-corrected chi connectivity index (χ0v) is 17.7. The van der Waals surface area contributed by atoms with E-state index in [2.05, 4.69) is 9.72 Å². The van der Waals surface area contributed by atoms with Crippen molar-refractivity contribution in [2.24, 2.45) is 0 Å². The molecule has 10 heteroatoms. The lowest BCUT2D eigenvalue weighted by atomic mass is 10.1. The number of aromatic amines is 1. The van der Waals surface area contributed by atoms with Crippen molar-refractivity contribution in [2.45, 2.75) is 40.4 Å². The molecule has 0 fully saturated rings. The SMILES string of the molecule is CCOC(=O)c1c(C)[nH]c(C(=O)[C@@H](C)OC(=O)c2ccc(OC(F)F)c(OC)c2)c1C. The first-order valence-corrected chi connectivity index (χ1v) is 9.34. The summed E-state index contributed by atoms with van der Waals surface area (Å²) >= 11 is 0. The number of esters is 2. The zero-order chi connectivity index (χ0) is 23.3. The Labute approximate surface area is 177 Å². The van der Waals surface area contributed by atoms with Crippen LogP contribution < -0.4 is 9.47 Å². The second-order valence-electron chi connectivity index (χ2n) is 6.50. The smallest absolute Gasteiger partial charge is 0.387 e. The Morgan fingerprint density at radius 2 is 1.77 bits per heavy atom. The number of H-pyrrole nitrogens is 1. The third-order valence-electron chi connectivity index (χ3n) is 4.43. The lowest BCUT2D eigenvalue weighted by Crippen LogP contribution is -2.25. The molecule has 0 aliphatic heterocycles. The Hall–Kier alpha value is -3.43. The number of Topliss-reactive ketones (excluding diaryl/α,β-unsaturated/α-hetero) is 1. The number of alkyl halides is 2. The number of rotatable bonds is 9. The molecule has 0 unspecified atom stereocenters. The first kappa shape index (κ1) is 23.8. The number of carbonyl (C=O) groups excluding carboxylic acids is 3. The minimum atomic E-state index is -3.06. The summed E-state index contributed by atoms with van der Waals surface area (Å²) in [5, 5.41) is 0. The fourth-order valence-electron chi connectivity index (χ4n) is 2.98. The second kappa shape index (κ2) is 10.1. The van der Waals surface area contributed by atoms with E-state index in [4.69, 9.17) is 14.2 Å². The lowest BCUT2D eigenvalue weighted by Gasteiger charge is -2.14. The van der Waals surface area contributed by atoms with Crippen LogP contribution in [0.4, 0.5) is 8.78 Å². The summed E-state index contributed by atoms with van der Waals surface area (Å²) in [7, 11) is 1.23. The molecule has 1 heterocycles. The first-order valence-electron chi connectivity index (χ1n) is 9.34. The number of hydrogen-bond acceptors (Lipinski definition) is 7. The average Bonchev–Trinajstić information content (AvgIpc) is 3.01. The van der Waals surface area contributed by atoms with Crippen molar-refractivity contribution in [2.75, 3.05) is 13.7 Å². The highest BCUT2D eigenvalue weighted by Crippen LogP contribution is 2.30. The summed E-state index contributed by atoms with van der Waals surface area (Å²) in [6, 6.07) is 3.51. The van der Waals surface area contributed by atoms with Gasteiger partial charge >= 0.3 is 18.6 Å². The molecule has 1 N–H and O–H groups in total. The van der Waals surface area contributed by atoms with Gasteiger partial charge in [0.2, 0.25) is 5.78 Å². The number of aryl methyl sites for hydroxylation is 1. The lowest BCUT2D eigenvalue weighted by molar-refractivity contribution is -0.0512. The van der Waals surface area contributed by atoms with Gasteiger partial charge in [0.1, 0.15) is 0 Å². The van der Waals surface area contributed by atoms with Crippen LogP contribution in [-0.4, -0.2) is 49.1 Å². The van der Waals surface area contributed by atoms with E-state index in [0.29, 0.717) is 11.3 Å². The number of carbonyl (C=O) groups is 3. The van der Waals surface area contributed by atoms with Gasteiger partial charge in [-0.15, -0.1) is 0 Å². The van der Waals surface area contributed by atoms with Gasteiger partial charge in [-0.3, -0.25) is 4.79 Å². The van der Waals surface area contributed by atoms with Crippen LogP contribution in [0.5, 0.6) is 11.5 Å². The highest BCUT2D eigenvalue weighted by Gasteiger charge is 2.28. The molecule has 0 aliphatic carbocycles. The van der Waals surface area contributed by atoms with Gasteiger partial charge in [0, 0.05) is 5.69 Å². The van der Waals surface area contributed by atoms with E-state index >= 15 is 0 Å². The molecule has 0 aliphatic rings. The van der Waals surface area contributed by atoms with Crippen molar-refractivity contribution in [3.8, 4) is 11.5 Å². The number of ether oxygens (including phenoxy) is 4. The number of halogens is 2. The predicted octanol–water partition coefficient (Wildman–Crippen LogP) is 3.85. The van der Waals surface area contributed by atoms with Gasteiger partial charge in [0.15, 0.2) is 17.6 Å². The summed E-state index contributed by atoms with van der Waals surface area (Å²) in [4.78, 5) is 40.2. The maximum Gasteiger partial charge on any atom is 0.387 e. The summed E-state index contributed by atoms with van der Waals surface area (Å²) < 4.78 is 44.3. The average molecular weight is 439 g/mol. The maximum absolute atomic E-state index is 12.8. The Bertz CT molecular complexity index is 984. The molecule has 31 heavy (non-hydrogen) atoms. The minimum absolute atomic E-state index is 0.0234. The van der Waals surface area contributed by atoms with E-state index < -0.39 is 30.4 Å². The standard InChI is InChI=1S/C21H23F2NO7/c1-6-29-20(27)16-10(2)17(24-11(16)3)18(25)12(4)30-19(26)13-7-8-14(31-21(22)23)15(9-13)28-5/h7-9,12,21,24H,6H2,1-5H3/t12-/m1/s1. The zero-order valence-electron chi connectivity index (χ0n) is 17.7. The molecule has 1 aromatic heterocycles. The molecule has 0 radical (unpaired) electrons. The molecule has 8 nitrogen and oxygen atoms in total. The monoisotopic (exact) mass is 439 g/mol. The van der Waals surface area contributed by atoms with Crippen molar-refractivity contribution in [1.29, 1.82) is 0 Å². The van der Waals surface area contributed by atoms with E-state index in [1.807, 2.05) is 0 Å². The summed E-state index contributed by atoms with van der Waals surface area (Å²) in [5.74, 6) is -2.31. The van der Waals surface area contributed by atoms with Gasteiger partial charge in [0.25, 0.3) is 0 Å². The molecular formula is C21H23F2NO7. The quantitative estimate of drug-likeness (QED) is 0.468. The molecule has 0 saturated carbocycles. The highest BCUT2D eigenvalue weighted by molar-refractivity contribution is 6.04. The molecule has 0 saturated heterocycles. The van der Waals surface area contributed by atoms with Crippen LogP contribution in [0.25, 0.3) is 0 Å². The van der Waals surface area contributed by atoms with Crippen molar-refractivity contribution >= 4 is 17.7 Å². The normalized spacial score (nSPS) is 11.7. The fraction of sp³-hybridized carbons (Fsp3) is 0.381. The summed E-state index contributed by atoms with van der Waals surface area (Å²) in [6.07, 6.45) is -1.19. The molecule has 0 bridgehead atoms. The van der Waals surface area contributed by atoms with Gasteiger partial charge < -0.3 is 23.9 Å². The second-order valence-corrected chi connectivity index (χ2v) is 6.50. The predicted molar refractivity (Wildman–Crippen MR) is 105 cm³/mol. The maximum atomic E-state index is 12.8. The third-order valence-corrected chi connectivity index (χ3v) is 4.43. The number of methoxy groups -OCH3 is 1. The number of hydrogen-bond donors (Lipinski definition) is 1. The van der Waals surface area contributed by atoms with Crippen molar-refractivity contribution in [3.05, 3.63) is 46.3 Å². The summed E-state index contributed by atoms with van der Waals surface area (Å²) in [6.45, 7) is 3.39. The molecular weight excluding hydrogens is 416 g/mol. The molecule has 1 atom stereocenters. The van der Waals surface area contributed by atoms with E-state index in [1.165, 1.54) is 26.2 Å². The molecule has 168 valence electrons. The minimum Gasteiger partial charge on any atom is -0.493 e. The van der Waals surface area contributed by atoms with E-state index in [9.17, 15) is 23.2 Å². The van der Waals surface area contributed by atoms with Crippen LogP contribution in [0.2, 0.25) is 0 Å². The van der Waals surface area contributed by atoms with Crippen LogP contribution in [0.1, 0.15) is 56.3 Å². The fourth-order valence-corrected chi connectivity index (χ4v) is 2.98. The molecule has 1 aromatic carbocycles. The van der Waals surface area contributed by atoms with Gasteiger partial charge in [-0.2, -0.15) is 8.78 Å². The van der Waals surface area contributed by atoms with Gasteiger partial charge in [0.05, 0.1) is 30.5 Å². The van der Waals surface area contributed by atoms with Crippen LogP contribution in [0.15, 0.2) is 18.2 Å². The Kier molecular flexibility index (Phi) is 7.73. The van der Waals surface area contributed by atoms with Gasteiger partial charge in [-0.05, 0) is 51.5 Å². The van der Waals surface area contributed by atoms with E-state index in [1.54, 1.807) is 20.8 Å². The van der Waals surface area contributed by atoms with E-state index in [-0.39, 0.29) is 34.9 Å². The van der Waals surface area contributed by atoms with Gasteiger partial charge in [-0.25, -0.2) is 9.59 Å². The van der Waals surface area contributed by atoms with Crippen molar-refractivity contribution in [1.82, 2.24) is 4.98 Å². The Balaban J connectivity index is 2.19. The topological polar surface area (TPSA) is 104 Å². The van der Waals surface area contributed by atoms with Crippen LogP contribution >= 0.6 is 0 Å². The largest absolute Gasteiger partial charge is 0.493 e. The number of benzene rings is 1. The van der Waals surface area contributed by atoms with Crippen molar-refractivity contribution in [3.63, 3.8) is 0 Å². The molecule has 2 aromatic rings. The van der Waals surface area contributed by atoms with Crippen LogP contribution in [0, 0.1) is 13.8 Å². The Morgan fingerprint density at radius 1 is 1.10 bits per heavy atom. The van der Waals surface area contributed by atoms with Crippen LogP contribution in [-0.2, 0) is 9.47 Å². The molecule has 0 spiro atoms. The molecule has 2 rings (SSSR count). The van der Waals surface area contributed by atoms with Crippen molar-refractivity contribution < 1.29 is 42.1 Å². The first-order chi connectivity index (χ1) is 14.6. The van der Waals surface area contributed by atoms with Gasteiger partial charge in [-0.1, -0.05) is 0 Å². The highest BCUT2D eigenvalue weighted by atomic mass is 19.3.